The second-order valence-corrected chi connectivity index (χ2v) is 3.93. The van der Waals surface area contributed by atoms with Gasteiger partial charge in [0.25, 0.3) is 0 Å². The van der Waals surface area contributed by atoms with Crippen molar-refractivity contribution in [2.45, 2.75) is 19.9 Å². The molecule has 1 unspecified atom stereocenters. The smallest absolute Gasteiger partial charge is 0.168 e. The first-order valence-corrected chi connectivity index (χ1v) is 5.26. The first-order chi connectivity index (χ1) is 7.72. The van der Waals surface area contributed by atoms with E-state index in [0.29, 0.717) is 5.69 Å². The summed E-state index contributed by atoms with van der Waals surface area (Å²) in [5.74, 6) is 0. The maximum absolute atomic E-state index is 10.8. The van der Waals surface area contributed by atoms with Gasteiger partial charge in [0.05, 0.1) is 18.6 Å². The number of aromatic nitrogens is 2. The molecule has 1 aromatic carbocycles. The second-order valence-electron chi connectivity index (χ2n) is 3.93. The van der Waals surface area contributed by atoms with Crippen molar-refractivity contribution in [3.8, 4) is 0 Å². The molecule has 0 amide bonds. The van der Waals surface area contributed by atoms with Crippen LogP contribution in [0.3, 0.4) is 0 Å². The summed E-state index contributed by atoms with van der Waals surface area (Å²) < 4.78 is 1.87. The molecule has 1 atom stereocenters. The van der Waals surface area contributed by atoms with Crippen molar-refractivity contribution >= 4 is 6.29 Å². The van der Waals surface area contributed by atoms with Crippen LogP contribution in [-0.4, -0.2) is 15.8 Å². The van der Waals surface area contributed by atoms with Crippen LogP contribution in [0.5, 0.6) is 0 Å². The quantitative estimate of drug-likeness (QED) is 0.736. The molecular weight excluding hydrogens is 200 g/mol. The topological polar surface area (TPSA) is 34.9 Å². The van der Waals surface area contributed by atoms with Crippen LogP contribution in [0.4, 0.5) is 0 Å². The van der Waals surface area contributed by atoms with Gasteiger partial charge in [-0.05, 0) is 19.4 Å². The first-order valence-electron chi connectivity index (χ1n) is 5.26. The van der Waals surface area contributed by atoms with E-state index in [4.69, 9.17) is 0 Å². The van der Waals surface area contributed by atoms with Crippen LogP contribution >= 0.6 is 0 Å². The Morgan fingerprint density at radius 2 is 2.00 bits per heavy atom. The zero-order chi connectivity index (χ0) is 11.5. The van der Waals surface area contributed by atoms with E-state index in [1.165, 1.54) is 11.1 Å². The first kappa shape index (κ1) is 10.6. The molecule has 0 aliphatic carbocycles. The lowest BCUT2D eigenvalue weighted by molar-refractivity contribution is 0.111. The second kappa shape index (κ2) is 4.31. The molecular formula is C13H14N2O. The van der Waals surface area contributed by atoms with E-state index in [-0.39, 0.29) is 6.04 Å². The predicted molar refractivity (Wildman–Crippen MR) is 62.6 cm³/mol. The van der Waals surface area contributed by atoms with Crippen molar-refractivity contribution in [3.63, 3.8) is 0 Å². The van der Waals surface area contributed by atoms with Crippen molar-refractivity contribution < 1.29 is 4.79 Å². The lowest BCUT2D eigenvalue weighted by Crippen LogP contribution is -2.08. The molecule has 16 heavy (non-hydrogen) atoms. The Morgan fingerprint density at radius 1 is 1.31 bits per heavy atom. The summed E-state index contributed by atoms with van der Waals surface area (Å²) in [5.41, 5.74) is 3.01. The van der Waals surface area contributed by atoms with Crippen LogP contribution in [0.1, 0.15) is 34.6 Å². The molecule has 0 N–H and O–H groups in total. The molecule has 0 aliphatic rings. The van der Waals surface area contributed by atoms with E-state index in [9.17, 15) is 4.79 Å². The molecule has 1 heterocycles. The van der Waals surface area contributed by atoms with E-state index in [2.05, 4.69) is 43.1 Å². The van der Waals surface area contributed by atoms with E-state index in [1.807, 2.05) is 4.57 Å². The summed E-state index contributed by atoms with van der Waals surface area (Å²) in [5, 5.41) is 0. The summed E-state index contributed by atoms with van der Waals surface area (Å²) in [6.07, 6.45) is 4.10. The highest BCUT2D eigenvalue weighted by Gasteiger charge is 2.10. The molecule has 3 heteroatoms. The number of carbonyl (C=O) groups is 1. The molecule has 2 rings (SSSR count). The molecule has 0 bridgehead atoms. The average Bonchev–Trinajstić information content (AvgIpc) is 2.77. The Hall–Kier alpha value is -1.90. The van der Waals surface area contributed by atoms with Crippen LogP contribution in [0.2, 0.25) is 0 Å². The minimum Gasteiger partial charge on any atom is -0.321 e. The minimum atomic E-state index is 0.128. The van der Waals surface area contributed by atoms with Crippen LogP contribution < -0.4 is 0 Å². The standard InChI is InChI=1S/C13H14N2O/c1-10-3-5-12(6-4-10)11(2)15-9-14-7-13(15)8-16/h3-9,11H,1-2H3. The number of rotatable bonds is 3. The molecule has 0 saturated heterocycles. The van der Waals surface area contributed by atoms with Gasteiger partial charge in [-0.25, -0.2) is 4.98 Å². The Labute approximate surface area is 94.7 Å². The summed E-state index contributed by atoms with van der Waals surface area (Å²) >= 11 is 0. The van der Waals surface area contributed by atoms with Gasteiger partial charge in [-0.1, -0.05) is 29.8 Å². The van der Waals surface area contributed by atoms with Crippen molar-refractivity contribution in [1.82, 2.24) is 9.55 Å². The monoisotopic (exact) mass is 214 g/mol. The Morgan fingerprint density at radius 3 is 2.62 bits per heavy atom. The Bertz CT molecular complexity index is 485. The normalized spacial score (nSPS) is 12.4. The number of nitrogens with zero attached hydrogens (tertiary/aromatic N) is 2. The van der Waals surface area contributed by atoms with Gasteiger partial charge >= 0.3 is 0 Å². The van der Waals surface area contributed by atoms with E-state index in [0.717, 1.165) is 6.29 Å². The largest absolute Gasteiger partial charge is 0.321 e. The highest BCUT2D eigenvalue weighted by atomic mass is 16.1. The molecule has 82 valence electrons. The zero-order valence-corrected chi connectivity index (χ0v) is 9.42. The highest BCUT2D eigenvalue weighted by Crippen LogP contribution is 2.19. The zero-order valence-electron chi connectivity index (χ0n) is 9.42. The molecule has 0 fully saturated rings. The van der Waals surface area contributed by atoms with Gasteiger partial charge in [0.15, 0.2) is 6.29 Å². The Balaban J connectivity index is 2.35. The molecule has 2 aromatic rings. The third-order valence-corrected chi connectivity index (χ3v) is 2.79. The summed E-state index contributed by atoms with van der Waals surface area (Å²) in [4.78, 5) is 14.8. The van der Waals surface area contributed by atoms with Gasteiger partial charge in [-0.3, -0.25) is 4.79 Å². The van der Waals surface area contributed by atoms with Gasteiger partial charge in [0.2, 0.25) is 0 Å². The number of aldehydes is 1. The summed E-state index contributed by atoms with van der Waals surface area (Å²) in [6, 6.07) is 8.43. The minimum absolute atomic E-state index is 0.128. The number of imidazole rings is 1. The van der Waals surface area contributed by atoms with Crippen LogP contribution in [0.15, 0.2) is 36.8 Å². The molecule has 0 aliphatic heterocycles. The summed E-state index contributed by atoms with van der Waals surface area (Å²) in [6.45, 7) is 4.11. The van der Waals surface area contributed by atoms with E-state index in [1.54, 1.807) is 12.5 Å². The number of aryl methyl sites for hydroxylation is 1. The molecule has 0 saturated carbocycles. The Kier molecular flexibility index (Phi) is 2.86. The van der Waals surface area contributed by atoms with Crippen molar-refractivity contribution in [2.24, 2.45) is 0 Å². The van der Waals surface area contributed by atoms with Gasteiger partial charge < -0.3 is 4.57 Å². The van der Waals surface area contributed by atoms with Gasteiger partial charge in [0, 0.05) is 0 Å². The third-order valence-electron chi connectivity index (χ3n) is 2.79. The number of carbonyl (C=O) groups excluding carboxylic acids is 1. The maximum Gasteiger partial charge on any atom is 0.168 e. The SMILES string of the molecule is Cc1ccc(C(C)n2cncc2C=O)cc1. The number of hydrogen-bond donors (Lipinski definition) is 0. The number of hydrogen-bond acceptors (Lipinski definition) is 2. The third kappa shape index (κ3) is 1.89. The fourth-order valence-corrected chi connectivity index (χ4v) is 1.74. The fraction of sp³-hybridized carbons (Fsp3) is 0.231. The van der Waals surface area contributed by atoms with Gasteiger partial charge in [-0.15, -0.1) is 0 Å². The van der Waals surface area contributed by atoms with Crippen LogP contribution in [0.25, 0.3) is 0 Å². The molecule has 0 spiro atoms. The number of benzene rings is 1. The molecule has 3 nitrogen and oxygen atoms in total. The van der Waals surface area contributed by atoms with Crippen LogP contribution in [0, 0.1) is 6.92 Å². The predicted octanol–water partition coefficient (Wildman–Crippen LogP) is 2.61. The van der Waals surface area contributed by atoms with Gasteiger partial charge in [-0.2, -0.15) is 0 Å². The maximum atomic E-state index is 10.8. The average molecular weight is 214 g/mol. The van der Waals surface area contributed by atoms with Crippen molar-refractivity contribution in [3.05, 3.63) is 53.6 Å². The van der Waals surface area contributed by atoms with E-state index >= 15 is 0 Å². The lowest BCUT2D eigenvalue weighted by Gasteiger charge is -2.15. The van der Waals surface area contributed by atoms with Crippen molar-refractivity contribution in [2.75, 3.05) is 0 Å². The highest BCUT2D eigenvalue weighted by molar-refractivity contribution is 5.71. The van der Waals surface area contributed by atoms with E-state index < -0.39 is 0 Å². The van der Waals surface area contributed by atoms with Crippen molar-refractivity contribution in [1.29, 1.82) is 0 Å². The summed E-state index contributed by atoms with van der Waals surface area (Å²) in [7, 11) is 0. The molecule has 0 radical (unpaired) electrons. The fourth-order valence-electron chi connectivity index (χ4n) is 1.74. The molecule has 1 aromatic heterocycles. The van der Waals surface area contributed by atoms with Crippen LogP contribution in [-0.2, 0) is 0 Å². The van der Waals surface area contributed by atoms with Gasteiger partial charge in [0.1, 0.15) is 5.69 Å². The lowest BCUT2D eigenvalue weighted by atomic mass is 10.1.